The molecule has 2 rings (SSSR count). The highest BCUT2D eigenvalue weighted by Gasteiger charge is 2.25. The highest BCUT2D eigenvalue weighted by Crippen LogP contribution is 2.25. The third kappa shape index (κ3) is 4.76. The van der Waals surface area contributed by atoms with Crippen LogP contribution in [-0.2, 0) is 0 Å². The first-order valence-corrected chi connectivity index (χ1v) is 8.38. The van der Waals surface area contributed by atoms with Crippen molar-refractivity contribution in [3.63, 3.8) is 0 Å². The van der Waals surface area contributed by atoms with Gasteiger partial charge in [-0.05, 0) is 32.0 Å². The zero-order valence-electron chi connectivity index (χ0n) is 12.6. The van der Waals surface area contributed by atoms with Crippen molar-refractivity contribution in [2.24, 2.45) is 0 Å². The molecule has 0 spiro atoms. The number of benzene rings is 1. The van der Waals surface area contributed by atoms with Crippen molar-refractivity contribution in [3.05, 3.63) is 35.9 Å². The van der Waals surface area contributed by atoms with Gasteiger partial charge >= 0.3 is 0 Å². The van der Waals surface area contributed by atoms with E-state index < -0.39 is 0 Å². The van der Waals surface area contributed by atoms with Gasteiger partial charge in [0, 0.05) is 31.6 Å². The van der Waals surface area contributed by atoms with Gasteiger partial charge in [0.25, 0.3) is 0 Å². The Kier molecular flexibility index (Phi) is 6.85. The van der Waals surface area contributed by atoms with E-state index in [1.807, 2.05) is 0 Å². The number of nitrogens with zero attached hydrogens (tertiary/aromatic N) is 2. The molecule has 1 atom stereocenters. The average Bonchev–Trinajstić information content (AvgIpc) is 2.49. The Morgan fingerprint density at radius 3 is 2.55 bits per heavy atom. The van der Waals surface area contributed by atoms with Crippen LogP contribution in [0.1, 0.15) is 37.3 Å². The summed E-state index contributed by atoms with van der Waals surface area (Å²) in [6, 6.07) is 11.5. The average molecular weight is 295 g/mol. The maximum atomic E-state index is 5.73. The van der Waals surface area contributed by atoms with Crippen LogP contribution in [0.15, 0.2) is 30.3 Å². The van der Waals surface area contributed by atoms with Crippen molar-refractivity contribution in [1.29, 1.82) is 0 Å². The summed E-state index contributed by atoms with van der Waals surface area (Å²) in [5.74, 6) is 0.807. The fourth-order valence-corrected chi connectivity index (χ4v) is 3.17. The smallest absolute Gasteiger partial charge is 0.0475 e. The van der Waals surface area contributed by atoms with Crippen LogP contribution >= 0.6 is 11.6 Å². The molecule has 112 valence electrons. The molecule has 0 radical (unpaired) electrons. The second kappa shape index (κ2) is 8.66. The van der Waals surface area contributed by atoms with Gasteiger partial charge in [-0.25, -0.2) is 0 Å². The molecular weight excluding hydrogens is 268 g/mol. The summed E-state index contributed by atoms with van der Waals surface area (Å²) in [7, 11) is 2.23. The summed E-state index contributed by atoms with van der Waals surface area (Å²) < 4.78 is 0. The molecule has 1 unspecified atom stereocenters. The molecule has 0 aliphatic carbocycles. The van der Waals surface area contributed by atoms with Gasteiger partial charge in [-0.1, -0.05) is 43.2 Å². The van der Waals surface area contributed by atoms with Gasteiger partial charge < -0.3 is 4.90 Å². The number of hydrogen-bond donors (Lipinski definition) is 0. The number of piperazine rings is 1. The number of rotatable bonds is 7. The first-order chi connectivity index (χ1) is 9.81. The van der Waals surface area contributed by atoms with E-state index in [1.54, 1.807) is 0 Å². The molecule has 1 aliphatic heterocycles. The molecule has 2 nitrogen and oxygen atoms in total. The SMILES string of the molecule is CN1CCN(CCCCCCCl)C(c2ccccc2)C1. The van der Waals surface area contributed by atoms with Gasteiger partial charge in [-0.3, -0.25) is 4.90 Å². The van der Waals surface area contributed by atoms with Crippen LogP contribution in [0.5, 0.6) is 0 Å². The molecule has 1 saturated heterocycles. The van der Waals surface area contributed by atoms with Crippen LogP contribution < -0.4 is 0 Å². The van der Waals surface area contributed by atoms with E-state index in [9.17, 15) is 0 Å². The van der Waals surface area contributed by atoms with Crippen molar-refractivity contribution in [2.75, 3.05) is 39.1 Å². The molecule has 0 N–H and O–H groups in total. The topological polar surface area (TPSA) is 6.48 Å². The molecule has 20 heavy (non-hydrogen) atoms. The van der Waals surface area contributed by atoms with Crippen LogP contribution in [0.3, 0.4) is 0 Å². The zero-order chi connectivity index (χ0) is 14.2. The van der Waals surface area contributed by atoms with E-state index >= 15 is 0 Å². The van der Waals surface area contributed by atoms with Crippen molar-refractivity contribution in [1.82, 2.24) is 9.80 Å². The van der Waals surface area contributed by atoms with Gasteiger partial charge in [0.05, 0.1) is 0 Å². The third-order valence-corrected chi connectivity index (χ3v) is 4.47. The Balaban J connectivity index is 1.88. The standard InChI is InChI=1S/C17H27ClN2/c1-19-13-14-20(12-8-3-2-7-11-18)17(15-19)16-9-5-4-6-10-16/h4-6,9-10,17H,2-3,7-8,11-15H2,1H3. The minimum atomic E-state index is 0.558. The molecule has 0 bridgehead atoms. The van der Waals surface area contributed by atoms with Crippen molar-refractivity contribution in [3.8, 4) is 0 Å². The molecule has 1 aromatic carbocycles. The highest BCUT2D eigenvalue weighted by molar-refractivity contribution is 6.17. The number of unbranched alkanes of at least 4 members (excludes halogenated alkanes) is 3. The number of alkyl halides is 1. The Morgan fingerprint density at radius 1 is 1.05 bits per heavy atom. The minimum Gasteiger partial charge on any atom is -0.303 e. The van der Waals surface area contributed by atoms with E-state index in [4.69, 9.17) is 11.6 Å². The summed E-state index contributed by atoms with van der Waals surface area (Å²) in [6.45, 7) is 4.73. The Morgan fingerprint density at radius 2 is 1.80 bits per heavy atom. The lowest BCUT2D eigenvalue weighted by molar-refractivity contribution is 0.0881. The third-order valence-electron chi connectivity index (χ3n) is 4.21. The lowest BCUT2D eigenvalue weighted by Gasteiger charge is -2.40. The van der Waals surface area contributed by atoms with E-state index in [1.165, 1.54) is 44.5 Å². The summed E-state index contributed by atoms with van der Waals surface area (Å²) in [5, 5.41) is 0. The summed E-state index contributed by atoms with van der Waals surface area (Å²) in [5.41, 5.74) is 1.46. The van der Waals surface area contributed by atoms with E-state index in [0.717, 1.165) is 18.8 Å². The first-order valence-electron chi connectivity index (χ1n) is 7.85. The largest absolute Gasteiger partial charge is 0.303 e. The monoisotopic (exact) mass is 294 g/mol. The van der Waals surface area contributed by atoms with E-state index in [2.05, 4.69) is 47.2 Å². The fraction of sp³-hybridized carbons (Fsp3) is 0.647. The van der Waals surface area contributed by atoms with Crippen LogP contribution in [0, 0.1) is 0 Å². The van der Waals surface area contributed by atoms with Crippen molar-refractivity contribution < 1.29 is 0 Å². The molecule has 3 heteroatoms. The highest BCUT2D eigenvalue weighted by atomic mass is 35.5. The molecule has 0 aromatic heterocycles. The molecule has 1 fully saturated rings. The Bertz CT molecular complexity index is 369. The normalized spacial score (nSPS) is 21.2. The predicted octanol–water partition coefficient (Wildman–Crippen LogP) is 3.77. The van der Waals surface area contributed by atoms with Crippen LogP contribution in [0.2, 0.25) is 0 Å². The lowest BCUT2D eigenvalue weighted by Crippen LogP contribution is -2.47. The zero-order valence-corrected chi connectivity index (χ0v) is 13.4. The van der Waals surface area contributed by atoms with Crippen molar-refractivity contribution >= 4 is 11.6 Å². The van der Waals surface area contributed by atoms with Crippen LogP contribution in [0.4, 0.5) is 0 Å². The molecule has 0 saturated carbocycles. The van der Waals surface area contributed by atoms with Gasteiger partial charge in [-0.15, -0.1) is 11.6 Å². The first kappa shape index (κ1) is 15.8. The number of halogens is 1. The maximum absolute atomic E-state index is 5.73. The van der Waals surface area contributed by atoms with Crippen LogP contribution in [0.25, 0.3) is 0 Å². The Hall–Kier alpha value is -0.570. The van der Waals surface area contributed by atoms with Crippen LogP contribution in [-0.4, -0.2) is 48.9 Å². The Labute approximate surface area is 128 Å². The van der Waals surface area contributed by atoms with Gasteiger partial charge in [-0.2, -0.15) is 0 Å². The number of hydrogen-bond acceptors (Lipinski definition) is 2. The molecule has 1 aromatic rings. The molecule has 1 aliphatic rings. The predicted molar refractivity (Wildman–Crippen MR) is 87.4 cm³/mol. The number of likely N-dealkylation sites (N-methyl/N-ethyl adjacent to an activating group) is 1. The molecule has 1 heterocycles. The van der Waals surface area contributed by atoms with E-state index in [-0.39, 0.29) is 0 Å². The molecule has 0 amide bonds. The molecular formula is C17H27ClN2. The quantitative estimate of drug-likeness (QED) is 0.558. The van der Waals surface area contributed by atoms with Gasteiger partial charge in [0.2, 0.25) is 0 Å². The fourth-order valence-electron chi connectivity index (χ4n) is 2.98. The summed E-state index contributed by atoms with van der Waals surface area (Å²) in [6.07, 6.45) is 5.03. The maximum Gasteiger partial charge on any atom is 0.0475 e. The second-order valence-electron chi connectivity index (χ2n) is 5.83. The van der Waals surface area contributed by atoms with Crippen molar-refractivity contribution in [2.45, 2.75) is 31.7 Å². The summed E-state index contributed by atoms with van der Waals surface area (Å²) >= 11 is 5.73. The minimum absolute atomic E-state index is 0.558. The second-order valence-corrected chi connectivity index (χ2v) is 6.21. The van der Waals surface area contributed by atoms with Gasteiger partial charge in [0.1, 0.15) is 0 Å². The van der Waals surface area contributed by atoms with Gasteiger partial charge in [0.15, 0.2) is 0 Å². The lowest BCUT2D eigenvalue weighted by atomic mass is 10.0. The van der Waals surface area contributed by atoms with E-state index in [0.29, 0.717) is 6.04 Å². The summed E-state index contributed by atoms with van der Waals surface area (Å²) in [4.78, 5) is 5.11.